The lowest BCUT2D eigenvalue weighted by Gasteiger charge is -2.06. The standard InChI is InChI=1S/C15H11ClFN3O/c16-11-4-5-12(17)14(8-11)20-15(21)13-6-3-10(9-19-13)2-1-7-18/h3-6,8-9H,7,18H2,(H,20,21). The predicted octanol–water partition coefficient (Wildman–Crippen LogP) is 2.44. The van der Waals surface area contributed by atoms with Gasteiger partial charge in [-0.2, -0.15) is 0 Å². The molecule has 106 valence electrons. The summed E-state index contributed by atoms with van der Waals surface area (Å²) in [5.41, 5.74) is 6.05. The van der Waals surface area contributed by atoms with E-state index in [2.05, 4.69) is 22.1 Å². The number of halogens is 2. The lowest BCUT2D eigenvalue weighted by Crippen LogP contribution is -2.14. The van der Waals surface area contributed by atoms with E-state index in [-0.39, 0.29) is 17.9 Å². The number of pyridine rings is 1. The highest BCUT2D eigenvalue weighted by Crippen LogP contribution is 2.20. The second kappa shape index (κ2) is 6.84. The summed E-state index contributed by atoms with van der Waals surface area (Å²) < 4.78 is 13.5. The van der Waals surface area contributed by atoms with Gasteiger partial charge in [0.05, 0.1) is 12.2 Å². The van der Waals surface area contributed by atoms with E-state index in [1.54, 1.807) is 6.07 Å². The molecule has 0 fully saturated rings. The molecule has 1 heterocycles. The van der Waals surface area contributed by atoms with E-state index in [1.807, 2.05) is 0 Å². The van der Waals surface area contributed by atoms with Gasteiger partial charge in [-0.05, 0) is 30.3 Å². The number of nitrogens with one attached hydrogen (secondary N) is 1. The minimum Gasteiger partial charge on any atom is -0.320 e. The van der Waals surface area contributed by atoms with Gasteiger partial charge >= 0.3 is 0 Å². The molecular weight excluding hydrogens is 293 g/mol. The van der Waals surface area contributed by atoms with Crippen LogP contribution in [0.25, 0.3) is 0 Å². The van der Waals surface area contributed by atoms with Crippen LogP contribution in [-0.2, 0) is 0 Å². The zero-order valence-corrected chi connectivity index (χ0v) is 11.6. The van der Waals surface area contributed by atoms with Crippen LogP contribution in [0.5, 0.6) is 0 Å². The van der Waals surface area contributed by atoms with Gasteiger partial charge in [0.25, 0.3) is 5.91 Å². The van der Waals surface area contributed by atoms with Crippen molar-refractivity contribution in [2.75, 3.05) is 11.9 Å². The first-order chi connectivity index (χ1) is 10.1. The van der Waals surface area contributed by atoms with Crippen molar-refractivity contribution in [1.29, 1.82) is 0 Å². The summed E-state index contributed by atoms with van der Waals surface area (Å²) >= 11 is 5.76. The third-order valence-corrected chi connectivity index (χ3v) is 2.74. The van der Waals surface area contributed by atoms with Gasteiger partial charge in [0.15, 0.2) is 0 Å². The number of hydrogen-bond acceptors (Lipinski definition) is 3. The van der Waals surface area contributed by atoms with E-state index in [1.165, 1.54) is 30.5 Å². The first-order valence-corrected chi connectivity index (χ1v) is 6.39. The van der Waals surface area contributed by atoms with Gasteiger partial charge in [-0.15, -0.1) is 0 Å². The second-order valence-electron chi connectivity index (χ2n) is 4.02. The highest BCUT2D eigenvalue weighted by atomic mass is 35.5. The van der Waals surface area contributed by atoms with Crippen LogP contribution in [0.15, 0.2) is 36.5 Å². The van der Waals surface area contributed by atoms with E-state index < -0.39 is 11.7 Å². The van der Waals surface area contributed by atoms with Gasteiger partial charge in [0.1, 0.15) is 11.5 Å². The molecule has 0 radical (unpaired) electrons. The summed E-state index contributed by atoms with van der Waals surface area (Å²) in [7, 11) is 0. The van der Waals surface area contributed by atoms with E-state index in [9.17, 15) is 9.18 Å². The Morgan fingerprint density at radius 1 is 1.38 bits per heavy atom. The van der Waals surface area contributed by atoms with Crippen molar-refractivity contribution < 1.29 is 9.18 Å². The van der Waals surface area contributed by atoms with Crippen LogP contribution < -0.4 is 11.1 Å². The summed E-state index contributed by atoms with van der Waals surface area (Å²) in [5, 5.41) is 2.74. The third-order valence-electron chi connectivity index (χ3n) is 2.51. The molecule has 4 nitrogen and oxygen atoms in total. The Morgan fingerprint density at radius 3 is 2.86 bits per heavy atom. The fraction of sp³-hybridized carbons (Fsp3) is 0.0667. The lowest BCUT2D eigenvalue weighted by molar-refractivity contribution is 0.102. The minimum atomic E-state index is -0.571. The first kappa shape index (κ1) is 15.0. The molecule has 0 unspecified atom stereocenters. The summed E-state index contributed by atoms with van der Waals surface area (Å²) in [6, 6.07) is 7.04. The molecular formula is C15H11ClFN3O. The van der Waals surface area contributed by atoms with Gasteiger partial charge in [0.2, 0.25) is 0 Å². The highest BCUT2D eigenvalue weighted by molar-refractivity contribution is 6.31. The average molecular weight is 304 g/mol. The molecule has 0 spiro atoms. The summed E-state index contributed by atoms with van der Waals surface area (Å²) in [6.45, 7) is 0.246. The number of carbonyl (C=O) groups excluding carboxylic acids is 1. The molecule has 0 saturated heterocycles. The monoisotopic (exact) mass is 303 g/mol. The van der Waals surface area contributed by atoms with Crippen molar-refractivity contribution >= 4 is 23.2 Å². The molecule has 6 heteroatoms. The van der Waals surface area contributed by atoms with E-state index in [4.69, 9.17) is 17.3 Å². The van der Waals surface area contributed by atoms with Crippen molar-refractivity contribution in [3.05, 3.63) is 58.6 Å². The lowest BCUT2D eigenvalue weighted by atomic mass is 10.2. The quantitative estimate of drug-likeness (QED) is 0.837. The first-order valence-electron chi connectivity index (χ1n) is 6.01. The van der Waals surface area contributed by atoms with Crippen LogP contribution in [-0.4, -0.2) is 17.4 Å². The molecule has 0 bridgehead atoms. The third kappa shape index (κ3) is 4.02. The molecule has 0 aliphatic heterocycles. The molecule has 2 aromatic rings. The predicted molar refractivity (Wildman–Crippen MR) is 79.5 cm³/mol. The number of aromatic nitrogens is 1. The van der Waals surface area contributed by atoms with Gasteiger partial charge in [-0.1, -0.05) is 23.4 Å². The summed E-state index contributed by atoms with van der Waals surface area (Å²) in [5.74, 6) is 4.37. The molecule has 2 rings (SSSR count). The molecule has 1 aromatic carbocycles. The molecule has 0 aliphatic carbocycles. The van der Waals surface area contributed by atoms with Crippen LogP contribution in [0.3, 0.4) is 0 Å². The minimum absolute atomic E-state index is 0.00120. The average Bonchev–Trinajstić information content (AvgIpc) is 2.49. The fourth-order valence-corrected chi connectivity index (χ4v) is 1.71. The topological polar surface area (TPSA) is 68.0 Å². The van der Waals surface area contributed by atoms with Crippen LogP contribution >= 0.6 is 11.6 Å². The zero-order chi connectivity index (χ0) is 15.2. The Morgan fingerprint density at radius 2 is 2.19 bits per heavy atom. The van der Waals surface area contributed by atoms with Crippen molar-refractivity contribution in [3.63, 3.8) is 0 Å². The van der Waals surface area contributed by atoms with Crippen molar-refractivity contribution in [3.8, 4) is 11.8 Å². The molecule has 0 atom stereocenters. The fourth-order valence-electron chi connectivity index (χ4n) is 1.53. The number of benzene rings is 1. The number of carbonyl (C=O) groups is 1. The Labute approximate surface area is 126 Å². The number of anilines is 1. The van der Waals surface area contributed by atoms with Gasteiger partial charge in [0, 0.05) is 16.8 Å². The Balaban J connectivity index is 2.15. The van der Waals surface area contributed by atoms with Crippen LogP contribution in [0.4, 0.5) is 10.1 Å². The number of nitrogens with two attached hydrogens (primary N) is 1. The molecule has 1 aromatic heterocycles. The molecule has 0 aliphatic rings. The summed E-state index contributed by atoms with van der Waals surface area (Å²) in [6.07, 6.45) is 1.45. The van der Waals surface area contributed by atoms with Crippen molar-refractivity contribution in [1.82, 2.24) is 4.98 Å². The molecule has 3 N–H and O–H groups in total. The number of hydrogen-bond donors (Lipinski definition) is 2. The second-order valence-corrected chi connectivity index (χ2v) is 4.45. The highest BCUT2D eigenvalue weighted by Gasteiger charge is 2.10. The largest absolute Gasteiger partial charge is 0.320 e. The van der Waals surface area contributed by atoms with Crippen molar-refractivity contribution in [2.45, 2.75) is 0 Å². The summed E-state index contributed by atoms with van der Waals surface area (Å²) in [4.78, 5) is 15.9. The maximum atomic E-state index is 13.5. The molecule has 1 amide bonds. The van der Waals surface area contributed by atoms with E-state index in [0.29, 0.717) is 10.6 Å². The van der Waals surface area contributed by atoms with Crippen LogP contribution in [0, 0.1) is 17.7 Å². The maximum absolute atomic E-state index is 13.5. The normalized spacial score (nSPS) is 9.67. The smallest absolute Gasteiger partial charge is 0.274 e. The van der Waals surface area contributed by atoms with E-state index in [0.717, 1.165) is 0 Å². The maximum Gasteiger partial charge on any atom is 0.274 e. The number of nitrogens with zero attached hydrogens (tertiary/aromatic N) is 1. The van der Waals surface area contributed by atoms with Gasteiger partial charge in [-0.3, -0.25) is 4.79 Å². The number of amides is 1. The van der Waals surface area contributed by atoms with Gasteiger partial charge < -0.3 is 11.1 Å². The Hall–Kier alpha value is -2.42. The zero-order valence-electron chi connectivity index (χ0n) is 10.9. The number of rotatable bonds is 2. The van der Waals surface area contributed by atoms with E-state index >= 15 is 0 Å². The SMILES string of the molecule is NCC#Cc1ccc(C(=O)Nc2cc(Cl)ccc2F)nc1. The van der Waals surface area contributed by atoms with Crippen molar-refractivity contribution in [2.24, 2.45) is 5.73 Å². The Kier molecular flexibility index (Phi) is 4.88. The van der Waals surface area contributed by atoms with Crippen LogP contribution in [0.2, 0.25) is 5.02 Å². The molecule has 0 saturated carbocycles. The Bertz CT molecular complexity index is 720. The van der Waals surface area contributed by atoms with Gasteiger partial charge in [-0.25, -0.2) is 9.37 Å². The van der Waals surface area contributed by atoms with Crippen LogP contribution in [0.1, 0.15) is 16.1 Å². The molecule has 21 heavy (non-hydrogen) atoms.